The summed E-state index contributed by atoms with van der Waals surface area (Å²) in [6.45, 7) is 2.33. The Balaban J connectivity index is 1.41. The van der Waals surface area contributed by atoms with E-state index in [2.05, 4.69) is 24.9 Å². The second-order valence-corrected chi connectivity index (χ2v) is 9.88. The molecule has 42 heavy (non-hydrogen) atoms. The molecule has 1 fully saturated rings. The molecule has 0 unspecified atom stereocenters. The number of benzene rings is 1. The number of ether oxygens (including phenoxy) is 1. The van der Waals surface area contributed by atoms with Crippen molar-refractivity contribution in [1.29, 1.82) is 0 Å². The number of amidine groups is 1. The van der Waals surface area contributed by atoms with Gasteiger partial charge in [0.15, 0.2) is 11.6 Å². The molecular formula is C31H32N7O4+. The Morgan fingerprint density at radius 2 is 1.93 bits per heavy atom. The highest BCUT2D eigenvalue weighted by Crippen LogP contribution is 2.34. The van der Waals surface area contributed by atoms with Crippen molar-refractivity contribution in [2.75, 3.05) is 20.2 Å². The van der Waals surface area contributed by atoms with Crippen LogP contribution in [0.5, 0.6) is 5.75 Å². The number of hydrogen-bond donors (Lipinski definition) is 4. The topological polar surface area (TPSA) is 161 Å². The molecule has 1 amide bonds. The summed E-state index contributed by atoms with van der Waals surface area (Å²) >= 11 is 0. The van der Waals surface area contributed by atoms with Gasteiger partial charge in [-0.3, -0.25) is 14.6 Å². The fourth-order valence-corrected chi connectivity index (χ4v) is 5.14. The fraction of sp³-hybridized carbons (Fsp3) is 0.226. The number of carbonyl (C=O) groups is 2. The molecule has 5 rings (SSSR count). The number of nitrogens with one attached hydrogen (secondary N) is 2. The van der Waals surface area contributed by atoms with Crippen molar-refractivity contribution in [3.05, 3.63) is 89.0 Å². The van der Waals surface area contributed by atoms with Crippen LogP contribution in [0.2, 0.25) is 0 Å². The highest BCUT2D eigenvalue weighted by atomic mass is 16.5. The van der Waals surface area contributed by atoms with Crippen LogP contribution in [0.4, 0.5) is 5.82 Å². The highest BCUT2D eigenvalue weighted by Gasteiger charge is 2.30. The summed E-state index contributed by atoms with van der Waals surface area (Å²) in [5, 5.41) is 10.1. The van der Waals surface area contributed by atoms with Crippen LogP contribution in [0.3, 0.4) is 0 Å². The number of ketones is 1. The third-order valence-corrected chi connectivity index (χ3v) is 7.14. The standard InChI is InChI=1S/C31H31N7O4/c1-19(32)36-18-37-30-28-27(25(42-2)16-35-30)24(15-34-28)29(40)31(41)38-10-8-22(9-11-38)26(21-6-4-3-5-7-21)23-12-20(17-39)13-33-14-23/h3-7,12-16,18,34,39H,8-11,17H2,1-2H3,(H2,32,35,36,37)/p+1. The molecule has 1 saturated heterocycles. The van der Waals surface area contributed by atoms with Crippen LogP contribution < -0.4 is 15.5 Å². The van der Waals surface area contributed by atoms with E-state index >= 15 is 0 Å². The van der Waals surface area contributed by atoms with Crippen molar-refractivity contribution in [2.24, 2.45) is 10.7 Å². The Morgan fingerprint density at radius 3 is 2.62 bits per heavy atom. The number of pyridine rings is 2. The van der Waals surface area contributed by atoms with Gasteiger partial charge in [0.05, 0.1) is 24.7 Å². The van der Waals surface area contributed by atoms with Gasteiger partial charge < -0.3 is 25.5 Å². The SMILES string of the molecule is COc1cnc([NH+]=CN=C(C)N)c2[nH]cc(C(=O)C(=O)N3CCC(=C(c4ccccc4)c4cncc(CO)c4)CC3)c12. The number of hydrogen-bond acceptors (Lipinski definition) is 6. The fourth-order valence-electron chi connectivity index (χ4n) is 5.14. The molecule has 1 aliphatic heterocycles. The maximum absolute atomic E-state index is 13.5. The Hall–Kier alpha value is -5.16. The van der Waals surface area contributed by atoms with Gasteiger partial charge in [0.2, 0.25) is 6.34 Å². The number of nitrogens with zero attached hydrogens (tertiary/aromatic N) is 4. The quantitative estimate of drug-likeness (QED) is 0.110. The van der Waals surface area contributed by atoms with Crippen LogP contribution in [0.25, 0.3) is 16.5 Å². The smallest absolute Gasteiger partial charge is 0.295 e. The van der Waals surface area contributed by atoms with E-state index in [1.807, 2.05) is 36.4 Å². The summed E-state index contributed by atoms with van der Waals surface area (Å²) in [5.74, 6) is -0.0775. The molecular weight excluding hydrogens is 534 g/mol. The van der Waals surface area contributed by atoms with Gasteiger partial charge in [0.25, 0.3) is 17.5 Å². The van der Waals surface area contributed by atoms with Crippen LogP contribution in [-0.2, 0) is 11.4 Å². The molecule has 0 spiro atoms. The van der Waals surface area contributed by atoms with Crippen LogP contribution in [-0.4, -0.2) is 69.0 Å². The number of nitrogens with two attached hydrogens (primary N) is 1. The Morgan fingerprint density at radius 1 is 1.17 bits per heavy atom. The van der Waals surface area contributed by atoms with Crippen LogP contribution >= 0.6 is 0 Å². The minimum absolute atomic E-state index is 0.103. The number of likely N-dealkylation sites (tertiary alicyclic amines) is 1. The first-order chi connectivity index (χ1) is 20.4. The molecule has 214 valence electrons. The Labute approximate surface area is 242 Å². The normalized spacial score (nSPS) is 14.0. The molecule has 0 aliphatic carbocycles. The van der Waals surface area contributed by atoms with E-state index in [4.69, 9.17) is 10.5 Å². The van der Waals surface area contributed by atoms with Crippen molar-refractivity contribution in [3.63, 3.8) is 0 Å². The lowest BCUT2D eigenvalue weighted by Crippen LogP contribution is -2.62. The molecule has 11 heteroatoms. The molecule has 1 aromatic carbocycles. The Bertz CT molecular complexity index is 1710. The summed E-state index contributed by atoms with van der Waals surface area (Å²) in [7, 11) is 1.48. The first-order valence-electron chi connectivity index (χ1n) is 13.5. The molecule has 0 atom stereocenters. The van der Waals surface area contributed by atoms with E-state index in [0.717, 1.165) is 27.8 Å². The van der Waals surface area contributed by atoms with Crippen LogP contribution in [0.1, 0.15) is 46.8 Å². The Kier molecular flexibility index (Phi) is 8.49. The van der Waals surface area contributed by atoms with Crippen molar-refractivity contribution in [1.82, 2.24) is 19.9 Å². The third kappa shape index (κ3) is 5.81. The molecule has 0 radical (unpaired) electrons. The molecule has 5 N–H and O–H groups in total. The summed E-state index contributed by atoms with van der Waals surface area (Å²) in [6, 6.07) is 11.9. The van der Waals surface area contributed by atoms with Gasteiger partial charge in [-0.2, -0.15) is 0 Å². The number of Topliss-reactive ketones (excluding diaryl/α,β-unsaturated/α-hetero) is 1. The monoisotopic (exact) mass is 566 g/mol. The largest absolute Gasteiger partial charge is 0.493 e. The van der Waals surface area contributed by atoms with E-state index < -0.39 is 11.7 Å². The number of piperidine rings is 1. The number of aliphatic imine (C=N–C) groups is 1. The van der Waals surface area contributed by atoms with Gasteiger partial charge >= 0.3 is 0 Å². The molecule has 4 heterocycles. The average molecular weight is 567 g/mol. The summed E-state index contributed by atoms with van der Waals surface area (Å²) < 4.78 is 5.47. The van der Waals surface area contributed by atoms with Crippen LogP contribution in [0.15, 0.2) is 71.8 Å². The third-order valence-electron chi connectivity index (χ3n) is 7.14. The zero-order valence-electron chi connectivity index (χ0n) is 23.4. The minimum atomic E-state index is -0.632. The van der Waals surface area contributed by atoms with Gasteiger partial charge in [0.1, 0.15) is 11.7 Å². The number of amides is 1. The maximum Gasteiger partial charge on any atom is 0.295 e. The number of methoxy groups -OCH3 is 1. The lowest BCUT2D eigenvalue weighted by Gasteiger charge is -2.30. The van der Waals surface area contributed by atoms with Gasteiger partial charge in [-0.05, 0) is 35.6 Å². The van der Waals surface area contributed by atoms with E-state index in [1.165, 1.54) is 25.8 Å². The zero-order valence-corrected chi connectivity index (χ0v) is 23.4. The van der Waals surface area contributed by atoms with Crippen molar-refractivity contribution in [3.8, 4) is 5.75 Å². The van der Waals surface area contributed by atoms with E-state index in [0.29, 0.717) is 54.2 Å². The highest BCUT2D eigenvalue weighted by molar-refractivity contribution is 6.45. The first-order valence-corrected chi connectivity index (χ1v) is 13.5. The molecule has 0 bridgehead atoms. The molecule has 3 aromatic heterocycles. The van der Waals surface area contributed by atoms with Crippen molar-refractivity contribution < 1.29 is 24.4 Å². The number of fused-ring (bicyclic) bond motifs is 1. The number of aliphatic hydroxyl groups excluding tert-OH is 1. The summed E-state index contributed by atoms with van der Waals surface area (Å²) in [4.78, 5) is 47.2. The number of aromatic nitrogens is 3. The summed E-state index contributed by atoms with van der Waals surface area (Å²) in [6.07, 6.45) is 9.01. The summed E-state index contributed by atoms with van der Waals surface area (Å²) in [5.41, 5.74) is 11.2. The maximum atomic E-state index is 13.5. The molecule has 1 aliphatic rings. The number of H-pyrrole nitrogens is 1. The second-order valence-electron chi connectivity index (χ2n) is 9.88. The lowest BCUT2D eigenvalue weighted by atomic mass is 9.88. The number of aliphatic hydroxyl groups is 1. The molecule has 4 aromatic rings. The second kappa shape index (κ2) is 12.6. The van der Waals surface area contributed by atoms with Crippen molar-refractivity contribution >= 4 is 46.2 Å². The van der Waals surface area contributed by atoms with Gasteiger partial charge in [-0.1, -0.05) is 40.9 Å². The number of carbonyl (C=O) groups excluding carboxylic acids is 2. The van der Waals surface area contributed by atoms with Gasteiger partial charge in [-0.15, -0.1) is 4.98 Å². The number of rotatable bonds is 8. The van der Waals surface area contributed by atoms with E-state index in [1.54, 1.807) is 24.2 Å². The van der Waals surface area contributed by atoms with Gasteiger partial charge in [-0.25, -0.2) is 4.99 Å². The average Bonchev–Trinajstić information content (AvgIpc) is 3.47. The molecule has 11 nitrogen and oxygen atoms in total. The number of aromatic amines is 1. The first kappa shape index (κ1) is 28.4. The lowest BCUT2D eigenvalue weighted by molar-refractivity contribution is -0.351. The van der Waals surface area contributed by atoms with Gasteiger partial charge in [0, 0.05) is 44.2 Å². The van der Waals surface area contributed by atoms with Crippen LogP contribution in [0, 0.1) is 0 Å². The predicted octanol–water partition coefficient (Wildman–Crippen LogP) is 1.88. The zero-order chi connectivity index (χ0) is 29.6. The van der Waals surface area contributed by atoms with Crippen molar-refractivity contribution in [2.45, 2.75) is 26.4 Å². The van der Waals surface area contributed by atoms with E-state index in [-0.39, 0.29) is 12.2 Å². The molecule has 0 saturated carbocycles. The predicted molar refractivity (Wildman–Crippen MR) is 159 cm³/mol. The minimum Gasteiger partial charge on any atom is -0.493 e. The van der Waals surface area contributed by atoms with E-state index in [9.17, 15) is 14.7 Å².